The van der Waals surface area contributed by atoms with E-state index in [0.717, 1.165) is 42.9 Å². The fourth-order valence-electron chi connectivity index (χ4n) is 2.87. The van der Waals surface area contributed by atoms with E-state index in [1.165, 1.54) is 0 Å². The molecule has 23 heavy (non-hydrogen) atoms. The SMILES string of the molecule is Cc1csc(CNC2CCC(N(C)C(=O)OC(C)(C)C)CC2)n1. The van der Waals surface area contributed by atoms with Crippen LogP contribution < -0.4 is 5.32 Å². The molecule has 1 aromatic heterocycles. The number of nitrogens with zero attached hydrogens (tertiary/aromatic N) is 2. The van der Waals surface area contributed by atoms with Crippen LogP contribution in [0.1, 0.15) is 57.2 Å². The van der Waals surface area contributed by atoms with Crippen molar-refractivity contribution in [2.24, 2.45) is 0 Å². The van der Waals surface area contributed by atoms with Crippen molar-refractivity contribution in [3.05, 3.63) is 16.1 Å². The topological polar surface area (TPSA) is 54.5 Å². The van der Waals surface area contributed by atoms with Crippen molar-refractivity contribution in [2.75, 3.05) is 7.05 Å². The van der Waals surface area contributed by atoms with Crippen molar-refractivity contribution in [3.8, 4) is 0 Å². The molecule has 1 aliphatic carbocycles. The molecular formula is C17H29N3O2S. The fraction of sp³-hybridized carbons (Fsp3) is 0.765. The standard InChI is InChI=1S/C17H29N3O2S/c1-12-11-23-15(19-12)10-18-13-6-8-14(9-7-13)20(5)16(21)22-17(2,3)4/h11,13-14,18H,6-10H2,1-5H3. The van der Waals surface area contributed by atoms with Crippen LogP contribution in [0, 0.1) is 6.92 Å². The first kappa shape index (κ1) is 18.2. The number of thiazole rings is 1. The van der Waals surface area contributed by atoms with Crippen molar-refractivity contribution < 1.29 is 9.53 Å². The third kappa shape index (κ3) is 5.77. The van der Waals surface area contributed by atoms with E-state index in [1.807, 2.05) is 34.7 Å². The van der Waals surface area contributed by atoms with Crippen LogP contribution in [-0.2, 0) is 11.3 Å². The molecule has 0 spiro atoms. The molecular weight excluding hydrogens is 310 g/mol. The molecule has 2 rings (SSSR count). The molecule has 6 heteroatoms. The van der Waals surface area contributed by atoms with Gasteiger partial charge in [-0.25, -0.2) is 9.78 Å². The summed E-state index contributed by atoms with van der Waals surface area (Å²) in [6.45, 7) is 8.58. The normalized spacial score (nSPS) is 22.0. The molecule has 1 fully saturated rings. The first-order valence-electron chi connectivity index (χ1n) is 8.35. The number of rotatable bonds is 4. The molecule has 0 aliphatic heterocycles. The molecule has 1 amide bonds. The number of hydrogen-bond acceptors (Lipinski definition) is 5. The average Bonchev–Trinajstić information content (AvgIpc) is 2.89. The van der Waals surface area contributed by atoms with Gasteiger partial charge in [0.25, 0.3) is 0 Å². The Bertz CT molecular complexity index is 516. The van der Waals surface area contributed by atoms with Gasteiger partial charge in [0.1, 0.15) is 10.6 Å². The Balaban J connectivity index is 1.73. The largest absolute Gasteiger partial charge is 0.444 e. The molecule has 0 saturated heterocycles. The predicted octanol–water partition coefficient (Wildman–Crippen LogP) is 3.72. The van der Waals surface area contributed by atoms with Gasteiger partial charge in [-0.05, 0) is 53.4 Å². The van der Waals surface area contributed by atoms with E-state index in [4.69, 9.17) is 4.74 Å². The number of carbonyl (C=O) groups is 1. The summed E-state index contributed by atoms with van der Waals surface area (Å²) in [5, 5.41) is 6.83. The van der Waals surface area contributed by atoms with Crippen molar-refractivity contribution in [1.29, 1.82) is 0 Å². The molecule has 1 aromatic rings. The molecule has 1 heterocycles. The minimum Gasteiger partial charge on any atom is -0.444 e. The Hall–Kier alpha value is -1.14. The van der Waals surface area contributed by atoms with E-state index in [9.17, 15) is 4.79 Å². The number of hydrogen-bond donors (Lipinski definition) is 1. The predicted molar refractivity (Wildman–Crippen MR) is 93.7 cm³/mol. The summed E-state index contributed by atoms with van der Waals surface area (Å²) in [7, 11) is 1.85. The van der Waals surface area contributed by atoms with E-state index in [-0.39, 0.29) is 12.1 Å². The molecule has 0 bridgehead atoms. The second kappa shape index (κ2) is 7.62. The lowest BCUT2D eigenvalue weighted by Gasteiger charge is -2.35. The van der Waals surface area contributed by atoms with Crippen LogP contribution in [0.15, 0.2) is 5.38 Å². The van der Waals surface area contributed by atoms with Gasteiger partial charge in [-0.1, -0.05) is 0 Å². The summed E-state index contributed by atoms with van der Waals surface area (Å²) >= 11 is 1.71. The van der Waals surface area contributed by atoms with Gasteiger partial charge in [0.2, 0.25) is 0 Å². The molecule has 0 unspecified atom stereocenters. The summed E-state index contributed by atoms with van der Waals surface area (Å²) < 4.78 is 5.45. The molecule has 0 atom stereocenters. The number of carbonyl (C=O) groups excluding carboxylic acids is 1. The Morgan fingerprint density at radius 1 is 1.39 bits per heavy atom. The Morgan fingerprint density at radius 3 is 2.57 bits per heavy atom. The lowest BCUT2D eigenvalue weighted by molar-refractivity contribution is 0.0179. The third-order valence-electron chi connectivity index (χ3n) is 4.13. The van der Waals surface area contributed by atoms with Gasteiger partial charge < -0.3 is 15.0 Å². The van der Waals surface area contributed by atoms with Gasteiger partial charge >= 0.3 is 6.09 Å². The second-order valence-corrected chi connectivity index (χ2v) is 8.30. The van der Waals surface area contributed by atoms with E-state index < -0.39 is 5.60 Å². The molecule has 1 aliphatic rings. The first-order valence-corrected chi connectivity index (χ1v) is 9.23. The summed E-state index contributed by atoms with van der Waals surface area (Å²) in [6.07, 6.45) is 3.99. The lowest BCUT2D eigenvalue weighted by atomic mass is 9.90. The molecule has 0 aromatic carbocycles. The smallest absolute Gasteiger partial charge is 0.410 e. The minimum absolute atomic E-state index is 0.216. The Labute approximate surface area is 143 Å². The van der Waals surface area contributed by atoms with Gasteiger partial charge in [0, 0.05) is 36.8 Å². The molecule has 0 radical (unpaired) electrons. The van der Waals surface area contributed by atoms with E-state index in [2.05, 4.69) is 15.7 Å². The highest BCUT2D eigenvalue weighted by Gasteiger charge is 2.29. The van der Waals surface area contributed by atoms with Crippen LogP contribution >= 0.6 is 11.3 Å². The van der Waals surface area contributed by atoms with Gasteiger partial charge in [-0.3, -0.25) is 0 Å². The molecule has 1 N–H and O–H groups in total. The maximum atomic E-state index is 12.1. The summed E-state index contributed by atoms with van der Waals surface area (Å²) in [4.78, 5) is 18.4. The van der Waals surface area contributed by atoms with Crippen LogP contribution in [-0.4, -0.2) is 40.7 Å². The maximum Gasteiger partial charge on any atom is 0.410 e. The second-order valence-electron chi connectivity index (χ2n) is 7.36. The van der Waals surface area contributed by atoms with Gasteiger partial charge in [0.15, 0.2) is 0 Å². The summed E-state index contributed by atoms with van der Waals surface area (Å²) in [5.74, 6) is 0. The van der Waals surface area contributed by atoms with Crippen LogP contribution in [0.3, 0.4) is 0 Å². The Morgan fingerprint density at radius 2 is 2.04 bits per heavy atom. The third-order valence-corrected chi connectivity index (χ3v) is 5.10. The van der Waals surface area contributed by atoms with E-state index in [1.54, 1.807) is 16.2 Å². The van der Waals surface area contributed by atoms with Gasteiger partial charge in [0.05, 0.1) is 0 Å². The lowest BCUT2D eigenvalue weighted by Crippen LogP contribution is -2.44. The quantitative estimate of drug-likeness (QED) is 0.908. The number of nitrogens with one attached hydrogen (secondary N) is 1. The molecule has 1 saturated carbocycles. The minimum atomic E-state index is -0.435. The highest BCUT2D eigenvalue weighted by atomic mass is 32.1. The monoisotopic (exact) mass is 339 g/mol. The first-order chi connectivity index (χ1) is 10.7. The molecule has 130 valence electrons. The zero-order valence-electron chi connectivity index (χ0n) is 14.9. The zero-order chi connectivity index (χ0) is 17.0. The van der Waals surface area contributed by atoms with Crippen LogP contribution in [0.2, 0.25) is 0 Å². The van der Waals surface area contributed by atoms with Crippen molar-refractivity contribution in [1.82, 2.24) is 15.2 Å². The summed E-state index contributed by atoms with van der Waals surface area (Å²) in [6, 6.07) is 0.799. The van der Waals surface area contributed by atoms with Crippen LogP contribution in [0.4, 0.5) is 4.79 Å². The number of amides is 1. The average molecular weight is 340 g/mol. The number of ether oxygens (including phenoxy) is 1. The van der Waals surface area contributed by atoms with E-state index >= 15 is 0 Å². The Kier molecular flexibility index (Phi) is 6.03. The van der Waals surface area contributed by atoms with Gasteiger partial charge in [-0.15, -0.1) is 11.3 Å². The molecule has 5 nitrogen and oxygen atoms in total. The highest BCUT2D eigenvalue weighted by Crippen LogP contribution is 2.24. The van der Waals surface area contributed by atoms with Crippen molar-refractivity contribution in [3.63, 3.8) is 0 Å². The maximum absolute atomic E-state index is 12.1. The van der Waals surface area contributed by atoms with E-state index in [0.29, 0.717) is 6.04 Å². The van der Waals surface area contributed by atoms with Crippen LogP contribution in [0.25, 0.3) is 0 Å². The summed E-state index contributed by atoms with van der Waals surface area (Å²) in [5.41, 5.74) is 0.658. The number of aromatic nitrogens is 1. The number of aryl methyl sites for hydroxylation is 1. The van der Waals surface area contributed by atoms with Crippen LogP contribution in [0.5, 0.6) is 0 Å². The highest BCUT2D eigenvalue weighted by molar-refractivity contribution is 7.09. The van der Waals surface area contributed by atoms with Crippen molar-refractivity contribution >= 4 is 17.4 Å². The zero-order valence-corrected chi connectivity index (χ0v) is 15.7. The van der Waals surface area contributed by atoms with Crippen molar-refractivity contribution in [2.45, 2.75) is 77.6 Å². The fourth-order valence-corrected chi connectivity index (χ4v) is 3.59. The van der Waals surface area contributed by atoms with Gasteiger partial charge in [-0.2, -0.15) is 0 Å².